The fraction of sp³-hybridized carbons (Fsp3) is 0.545. The van der Waals surface area contributed by atoms with Crippen LogP contribution in [0.15, 0.2) is 21.4 Å². The Labute approximate surface area is 108 Å². The van der Waals surface area contributed by atoms with Gasteiger partial charge in [-0.1, -0.05) is 0 Å². The number of nitrogens with one attached hydrogen (secondary N) is 1. The lowest BCUT2D eigenvalue weighted by Gasteiger charge is -2.25. The van der Waals surface area contributed by atoms with Crippen LogP contribution in [0.3, 0.4) is 0 Å². The van der Waals surface area contributed by atoms with Crippen molar-refractivity contribution in [2.45, 2.75) is 37.1 Å². The molecule has 0 unspecified atom stereocenters. The number of hydrogen-bond donors (Lipinski definition) is 1. The summed E-state index contributed by atoms with van der Waals surface area (Å²) in [5.41, 5.74) is 0.549. The fourth-order valence-corrected chi connectivity index (χ4v) is 2.59. The van der Waals surface area contributed by atoms with Crippen molar-refractivity contribution >= 4 is 33.4 Å². The van der Waals surface area contributed by atoms with Crippen molar-refractivity contribution < 1.29 is 9.21 Å². The zero-order chi connectivity index (χ0) is 11.5. The highest BCUT2D eigenvalue weighted by Crippen LogP contribution is 2.24. The van der Waals surface area contributed by atoms with Gasteiger partial charge in [0.05, 0.1) is 11.8 Å². The molecule has 1 aliphatic rings. The summed E-state index contributed by atoms with van der Waals surface area (Å²) in [5, 5.41) is 3.27. The van der Waals surface area contributed by atoms with Gasteiger partial charge in [-0.3, -0.25) is 4.79 Å². The van der Waals surface area contributed by atoms with Gasteiger partial charge in [-0.25, -0.2) is 0 Å². The predicted molar refractivity (Wildman–Crippen MR) is 65.8 cm³/mol. The fourth-order valence-electron chi connectivity index (χ4n) is 1.92. The third-order valence-electron chi connectivity index (χ3n) is 2.85. The van der Waals surface area contributed by atoms with E-state index in [9.17, 15) is 4.79 Å². The van der Waals surface area contributed by atoms with Gasteiger partial charge in [0, 0.05) is 11.4 Å². The SMILES string of the molecule is O=C(NC1CCC(Cl)CC1)c1ccoc1Br. The molecule has 0 bridgehead atoms. The third-order valence-corrected chi connectivity index (χ3v) is 3.91. The van der Waals surface area contributed by atoms with Crippen molar-refractivity contribution in [2.24, 2.45) is 0 Å². The lowest BCUT2D eigenvalue weighted by Crippen LogP contribution is -2.37. The Morgan fingerprint density at radius 2 is 2.12 bits per heavy atom. The molecule has 0 aliphatic heterocycles. The highest BCUT2D eigenvalue weighted by atomic mass is 79.9. The molecule has 5 heteroatoms. The van der Waals surface area contributed by atoms with Crippen LogP contribution in [0.4, 0.5) is 0 Å². The number of amides is 1. The molecule has 1 amide bonds. The average molecular weight is 307 g/mol. The van der Waals surface area contributed by atoms with E-state index in [0.717, 1.165) is 25.7 Å². The number of alkyl halides is 1. The first-order valence-electron chi connectivity index (χ1n) is 5.34. The quantitative estimate of drug-likeness (QED) is 0.852. The van der Waals surface area contributed by atoms with Crippen molar-refractivity contribution in [3.8, 4) is 0 Å². The number of furan rings is 1. The topological polar surface area (TPSA) is 42.2 Å². The molecule has 0 radical (unpaired) electrons. The number of carbonyl (C=O) groups excluding carboxylic acids is 1. The second-order valence-corrected chi connectivity index (χ2v) is 5.37. The van der Waals surface area contributed by atoms with Gasteiger partial charge in [0.2, 0.25) is 0 Å². The standard InChI is InChI=1S/C11H13BrClNO2/c12-10-9(5-6-16-10)11(15)14-8-3-1-7(13)2-4-8/h5-8H,1-4H2,(H,14,15). The summed E-state index contributed by atoms with van der Waals surface area (Å²) in [6, 6.07) is 1.90. The van der Waals surface area contributed by atoms with Gasteiger partial charge in [0.25, 0.3) is 5.91 Å². The van der Waals surface area contributed by atoms with E-state index in [1.807, 2.05) is 0 Å². The lowest BCUT2D eigenvalue weighted by molar-refractivity contribution is 0.0926. The van der Waals surface area contributed by atoms with E-state index in [1.165, 1.54) is 6.26 Å². The molecule has 0 spiro atoms. The van der Waals surface area contributed by atoms with Crippen molar-refractivity contribution in [3.63, 3.8) is 0 Å². The van der Waals surface area contributed by atoms with Crippen LogP contribution in [0.25, 0.3) is 0 Å². The number of rotatable bonds is 2. The highest BCUT2D eigenvalue weighted by Gasteiger charge is 2.22. The van der Waals surface area contributed by atoms with E-state index >= 15 is 0 Å². The van der Waals surface area contributed by atoms with E-state index in [2.05, 4.69) is 21.2 Å². The summed E-state index contributed by atoms with van der Waals surface area (Å²) in [4.78, 5) is 11.8. The molecule has 1 saturated carbocycles. The minimum Gasteiger partial charge on any atom is -0.457 e. The summed E-state index contributed by atoms with van der Waals surface area (Å²) in [7, 11) is 0. The van der Waals surface area contributed by atoms with Crippen LogP contribution in [0, 0.1) is 0 Å². The molecule has 88 valence electrons. The summed E-state index contributed by atoms with van der Waals surface area (Å²) < 4.78 is 5.51. The van der Waals surface area contributed by atoms with Gasteiger partial charge < -0.3 is 9.73 Å². The summed E-state index contributed by atoms with van der Waals surface area (Å²) in [5.74, 6) is -0.0846. The molecule has 3 nitrogen and oxygen atoms in total. The smallest absolute Gasteiger partial charge is 0.255 e. The first kappa shape index (κ1) is 12.0. The van der Waals surface area contributed by atoms with Gasteiger partial charge in [-0.05, 0) is 47.7 Å². The Kier molecular flexibility index (Phi) is 3.92. The molecule has 16 heavy (non-hydrogen) atoms. The van der Waals surface area contributed by atoms with Crippen molar-refractivity contribution in [2.75, 3.05) is 0 Å². The molecule has 0 saturated heterocycles. The molecule has 0 atom stereocenters. The largest absolute Gasteiger partial charge is 0.457 e. The Morgan fingerprint density at radius 3 is 2.69 bits per heavy atom. The van der Waals surface area contributed by atoms with Crippen LogP contribution >= 0.6 is 27.5 Å². The van der Waals surface area contributed by atoms with E-state index in [1.54, 1.807) is 6.07 Å². The molecule has 2 rings (SSSR count). The van der Waals surface area contributed by atoms with Crippen molar-refractivity contribution in [1.82, 2.24) is 5.32 Å². The van der Waals surface area contributed by atoms with Crippen LogP contribution < -0.4 is 5.32 Å². The predicted octanol–water partition coefficient (Wildman–Crippen LogP) is 3.32. The van der Waals surface area contributed by atoms with Gasteiger partial charge in [0.1, 0.15) is 0 Å². The summed E-state index contributed by atoms with van der Waals surface area (Å²) >= 11 is 9.20. The summed E-state index contributed by atoms with van der Waals surface area (Å²) in [6.07, 6.45) is 5.34. The lowest BCUT2D eigenvalue weighted by atomic mass is 9.95. The second kappa shape index (κ2) is 5.23. The van der Waals surface area contributed by atoms with Crippen LogP contribution in [0.2, 0.25) is 0 Å². The van der Waals surface area contributed by atoms with E-state index in [4.69, 9.17) is 16.0 Å². The Hall–Kier alpha value is -0.480. The molecule has 1 aromatic heterocycles. The van der Waals surface area contributed by atoms with Crippen LogP contribution in [-0.2, 0) is 0 Å². The van der Waals surface area contributed by atoms with Gasteiger partial charge >= 0.3 is 0 Å². The molecule has 1 N–H and O–H groups in total. The number of halogens is 2. The maximum Gasteiger partial charge on any atom is 0.255 e. The van der Waals surface area contributed by atoms with Gasteiger partial charge in [-0.15, -0.1) is 11.6 Å². The first-order valence-corrected chi connectivity index (χ1v) is 6.57. The molecule has 1 fully saturated rings. The van der Waals surface area contributed by atoms with E-state index < -0.39 is 0 Å². The first-order chi connectivity index (χ1) is 7.66. The van der Waals surface area contributed by atoms with Crippen LogP contribution in [0.1, 0.15) is 36.0 Å². The van der Waals surface area contributed by atoms with Crippen molar-refractivity contribution in [1.29, 1.82) is 0 Å². The molecule has 1 heterocycles. The molecule has 1 aliphatic carbocycles. The maximum absolute atomic E-state index is 11.8. The monoisotopic (exact) mass is 305 g/mol. The minimum absolute atomic E-state index is 0.0846. The Bertz CT molecular complexity index is 372. The third kappa shape index (κ3) is 2.80. The van der Waals surface area contributed by atoms with Crippen LogP contribution in [0.5, 0.6) is 0 Å². The highest BCUT2D eigenvalue weighted by molar-refractivity contribution is 9.10. The normalized spacial score (nSPS) is 25.4. The number of carbonyl (C=O) groups is 1. The van der Waals surface area contributed by atoms with Gasteiger partial charge in [-0.2, -0.15) is 0 Å². The Balaban J connectivity index is 1.91. The minimum atomic E-state index is -0.0846. The van der Waals surface area contributed by atoms with E-state index in [0.29, 0.717) is 10.2 Å². The van der Waals surface area contributed by atoms with Crippen molar-refractivity contribution in [3.05, 3.63) is 22.6 Å². The molecule has 1 aromatic rings. The summed E-state index contributed by atoms with van der Waals surface area (Å²) in [6.45, 7) is 0. The van der Waals surface area contributed by atoms with Gasteiger partial charge in [0.15, 0.2) is 4.67 Å². The zero-order valence-electron chi connectivity index (χ0n) is 8.71. The number of hydrogen-bond acceptors (Lipinski definition) is 2. The Morgan fingerprint density at radius 1 is 1.44 bits per heavy atom. The molecule has 0 aromatic carbocycles. The molecular formula is C11H13BrClNO2. The van der Waals surface area contributed by atoms with Crippen LogP contribution in [-0.4, -0.2) is 17.3 Å². The van der Waals surface area contributed by atoms with E-state index in [-0.39, 0.29) is 17.3 Å². The zero-order valence-corrected chi connectivity index (χ0v) is 11.1. The second-order valence-electron chi connectivity index (χ2n) is 4.03. The maximum atomic E-state index is 11.8. The average Bonchev–Trinajstić information content (AvgIpc) is 2.68. The molecular weight excluding hydrogens is 293 g/mol.